The van der Waals surface area contributed by atoms with Crippen molar-refractivity contribution in [2.75, 3.05) is 5.32 Å². The molecule has 0 atom stereocenters. The van der Waals surface area contributed by atoms with Gasteiger partial charge in [0, 0.05) is 24.2 Å². The van der Waals surface area contributed by atoms with Gasteiger partial charge in [-0.05, 0) is 29.7 Å². The molecule has 136 valence electrons. The number of rotatable bonds is 6. The molecule has 7 nitrogen and oxygen atoms in total. The van der Waals surface area contributed by atoms with Crippen molar-refractivity contribution in [1.82, 2.24) is 24.1 Å². The SMILES string of the molecule is CCCc1ccc(-c2ccc3nc(NC(=O)Cn4ccnc4)nn3c2)cc1. The summed E-state index contributed by atoms with van der Waals surface area (Å²) in [5.74, 6) is 0.0891. The minimum atomic E-state index is -0.198. The van der Waals surface area contributed by atoms with Crippen LogP contribution in [0.4, 0.5) is 5.95 Å². The van der Waals surface area contributed by atoms with Crippen LogP contribution < -0.4 is 5.32 Å². The van der Waals surface area contributed by atoms with Gasteiger partial charge in [0.15, 0.2) is 5.65 Å². The van der Waals surface area contributed by atoms with E-state index in [0.717, 1.165) is 24.0 Å². The fraction of sp³-hybridized carbons (Fsp3) is 0.200. The number of aryl methyl sites for hydroxylation is 1. The second-order valence-electron chi connectivity index (χ2n) is 6.39. The second kappa shape index (κ2) is 7.41. The van der Waals surface area contributed by atoms with E-state index in [9.17, 15) is 4.79 Å². The van der Waals surface area contributed by atoms with E-state index in [2.05, 4.69) is 51.6 Å². The summed E-state index contributed by atoms with van der Waals surface area (Å²) in [6, 6.07) is 12.5. The van der Waals surface area contributed by atoms with Crippen LogP contribution in [0.1, 0.15) is 18.9 Å². The average molecular weight is 360 g/mol. The topological polar surface area (TPSA) is 77.1 Å². The maximum Gasteiger partial charge on any atom is 0.249 e. The monoisotopic (exact) mass is 360 g/mol. The van der Waals surface area contributed by atoms with Crippen LogP contribution in [0.2, 0.25) is 0 Å². The van der Waals surface area contributed by atoms with Crippen molar-refractivity contribution in [3.05, 3.63) is 66.9 Å². The molecule has 3 heterocycles. The Morgan fingerprint density at radius 2 is 1.93 bits per heavy atom. The second-order valence-corrected chi connectivity index (χ2v) is 6.39. The fourth-order valence-electron chi connectivity index (χ4n) is 2.97. The number of imidazole rings is 1. The van der Waals surface area contributed by atoms with Crippen molar-refractivity contribution in [2.45, 2.75) is 26.3 Å². The van der Waals surface area contributed by atoms with E-state index < -0.39 is 0 Å². The summed E-state index contributed by atoms with van der Waals surface area (Å²) < 4.78 is 3.37. The Kier molecular flexibility index (Phi) is 4.65. The number of carbonyl (C=O) groups is 1. The fourth-order valence-corrected chi connectivity index (χ4v) is 2.97. The van der Waals surface area contributed by atoms with E-state index in [-0.39, 0.29) is 18.4 Å². The zero-order chi connectivity index (χ0) is 18.6. The lowest BCUT2D eigenvalue weighted by atomic mass is 10.0. The maximum absolute atomic E-state index is 12.1. The molecule has 0 saturated heterocycles. The van der Waals surface area contributed by atoms with Gasteiger partial charge in [0.25, 0.3) is 0 Å². The van der Waals surface area contributed by atoms with E-state index in [1.807, 2.05) is 18.3 Å². The zero-order valence-electron chi connectivity index (χ0n) is 15.0. The Labute approximate surface area is 156 Å². The Morgan fingerprint density at radius 1 is 1.11 bits per heavy atom. The molecule has 3 aromatic heterocycles. The van der Waals surface area contributed by atoms with E-state index in [4.69, 9.17) is 0 Å². The minimum absolute atomic E-state index is 0.172. The number of carbonyl (C=O) groups excluding carboxylic acids is 1. The molecule has 1 N–H and O–H groups in total. The molecule has 7 heteroatoms. The highest BCUT2D eigenvalue weighted by atomic mass is 16.2. The number of nitrogens with zero attached hydrogens (tertiary/aromatic N) is 5. The van der Waals surface area contributed by atoms with Crippen LogP contribution in [0.25, 0.3) is 16.8 Å². The molecule has 1 aromatic carbocycles. The van der Waals surface area contributed by atoms with Crippen molar-refractivity contribution in [2.24, 2.45) is 0 Å². The molecule has 0 aliphatic heterocycles. The van der Waals surface area contributed by atoms with Gasteiger partial charge in [-0.3, -0.25) is 10.1 Å². The lowest BCUT2D eigenvalue weighted by Gasteiger charge is -2.04. The van der Waals surface area contributed by atoms with E-state index in [0.29, 0.717) is 5.65 Å². The minimum Gasteiger partial charge on any atom is -0.328 e. The predicted molar refractivity (Wildman–Crippen MR) is 103 cm³/mol. The molecule has 27 heavy (non-hydrogen) atoms. The molecule has 1 amide bonds. The molecule has 4 aromatic rings. The van der Waals surface area contributed by atoms with Crippen molar-refractivity contribution in [3.8, 4) is 11.1 Å². The van der Waals surface area contributed by atoms with E-state index >= 15 is 0 Å². The molecule has 0 aliphatic rings. The molecule has 0 fully saturated rings. The average Bonchev–Trinajstić information content (AvgIpc) is 3.31. The highest BCUT2D eigenvalue weighted by Crippen LogP contribution is 2.21. The first-order chi connectivity index (χ1) is 13.2. The Bertz CT molecular complexity index is 1050. The van der Waals surface area contributed by atoms with Crippen LogP contribution in [0.5, 0.6) is 0 Å². The number of anilines is 1. The summed E-state index contributed by atoms with van der Waals surface area (Å²) in [5, 5.41) is 7.08. The van der Waals surface area contributed by atoms with Crippen LogP contribution >= 0.6 is 0 Å². The van der Waals surface area contributed by atoms with Gasteiger partial charge in [-0.25, -0.2) is 9.50 Å². The predicted octanol–water partition coefficient (Wildman–Crippen LogP) is 3.18. The van der Waals surface area contributed by atoms with Crippen LogP contribution in [-0.4, -0.2) is 30.1 Å². The molecular formula is C20H20N6O. The first kappa shape index (κ1) is 17.0. The summed E-state index contributed by atoms with van der Waals surface area (Å²) >= 11 is 0. The Morgan fingerprint density at radius 3 is 2.67 bits per heavy atom. The molecule has 4 rings (SSSR count). The van der Waals surface area contributed by atoms with Crippen LogP contribution in [0.15, 0.2) is 61.3 Å². The van der Waals surface area contributed by atoms with Crippen molar-refractivity contribution < 1.29 is 4.79 Å². The van der Waals surface area contributed by atoms with E-state index in [1.165, 1.54) is 5.56 Å². The summed E-state index contributed by atoms with van der Waals surface area (Å²) in [4.78, 5) is 20.4. The third-order valence-corrected chi connectivity index (χ3v) is 4.29. The molecule has 0 unspecified atom stereocenters. The molecule has 0 spiro atoms. The lowest BCUT2D eigenvalue weighted by molar-refractivity contribution is -0.116. The first-order valence-corrected chi connectivity index (χ1v) is 8.92. The number of hydrogen-bond acceptors (Lipinski definition) is 4. The van der Waals surface area contributed by atoms with Gasteiger partial charge in [-0.2, -0.15) is 4.98 Å². The Balaban J connectivity index is 1.52. The molecule has 0 bridgehead atoms. The number of amides is 1. The highest BCUT2D eigenvalue weighted by Gasteiger charge is 2.09. The number of aromatic nitrogens is 5. The summed E-state index contributed by atoms with van der Waals surface area (Å²) in [5.41, 5.74) is 4.19. The van der Waals surface area contributed by atoms with Gasteiger partial charge in [0.05, 0.1) is 6.33 Å². The third-order valence-electron chi connectivity index (χ3n) is 4.29. The van der Waals surface area contributed by atoms with Crippen LogP contribution in [0.3, 0.4) is 0 Å². The Hall–Kier alpha value is -3.48. The standard InChI is InChI=1S/C20H20N6O/c1-2-3-15-4-6-16(7-5-15)17-8-9-18-22-20(24-26(18)12-17)23-19(27)13-25-11-10-21-14-25/h4-12,14H,2-3,13H2,1H3,(H,23,24,27). The van der Waals surface area contributed by atoms with Crippen LogP contribution in [0, 0.1) is 0 Å². The van der Waals surface area contributed by atoms with E-state index in [1.54, 1.807) is 27.8 Å². The summed E-state index contributed by atoms with van der Waals surface area (Å²) in [6.45, 7) is 2.35. The van der Waals surface area contributed by atoms with Gasteiger partial charge < -0.3 is 4.57 Å². The maximum atomic E-state index is 12.1. The zero-order valence-corrected chi connectivity index (χ0v) is 15.0. The van der Waals surface area contributed by atoms with Crippen LogP contribution in [-0.2, 0) is 17.8 Å². The van der Waals surface area contributed by atoms with Gasteiger partial charge in [0.2, 0.25) is 11.9 Å². The smallest absolute Gasteiger partial charge is 0.249 e. The number of benzene rings is 1. The largest absolute Gasteiger partial charge is 0.328 e. The third kappa shape index (κ3) is 3.87. The van der Waals surface area contributed by atoms with Crippen molar-refractivity contribution in [1.29, 1.82) is 0 Å². The summed E-state index contributed by atoms with van der Waals surface area (Å²) in [7, 11) is 0. The number of pyridine rings is 1. The lowest BCUT2D eigenvalue weighted by Crippen LogP contribution is -2.18. The molecule has 0 aliphatic carbocycles. The summed E-state index contributed by atoms with van der Waals surface area (Å²) in [6.07, 6.45) is 9.10. The van der Waals surface area contributed by atoms with Crippen molar-refractivity contribution >= 4 is 17.5 Å². The number of nitrogens with one attached hydrogen (secondary N) is 1. The highest BCUT2D eigenvalue weighted by molar-refractivity contribution is 5.89. The molecule has 0 radical (unpaired) electrons. The number of hydrogen-bond donors (Lipinski definition) is 1. The molecular weight excluding hydrogens is 340 g/mol. The van der Waals surface area contributed by atoms with Gasteiger partial charge in [0.1, 0.15) is 6.54 Å². The van der Waals surface area contributed by atoms with Gasteiger partial charge in [-0.15, -0.1) is 5.10 Å². The van der Waals surface area contributed by atoms with Gasteiger partial charge in [-0.1, -0.05) is 37.6 Å². The quantitative estimate of drug-likeness (QED) is 0.573. The van der Waals surface area contributed by atoms with Gasteiger partial charge >= 0.3 is 0 Å². The first-order valence-electron chi connectivity index (χ1n) is 8.92. The molecule has 0 saturated carbocycles. The normalized spacial score (nSPS) is 11.0. The number of fused-ring (bicyclic) bond motifs is 1. The van der Waals surface area contributed by atoms with Crippen molar-refractivity contribution in [3.63, 3.8) is 0 Å².